The number of benzene rings is 1. The third-order valence-electron chi connectivity index (χ3n) is 2.78. The third-order valence-corrected chi connectivity index (χ3v) is 3.59. The van der Waals surface area contributed by atoms with Crippen LogP contribution < -0.4 is 14.8 Å². The number of amides is 2. The number of hydrogen-bond acceptors (Lipinski definition) is 7. The van der Waals surface area contributed by atoms with Crippen LogP contribution in [0.25, 0.3) is 6.08 Å². The van der Waals surface area contributed by atoms with Crippen LogP contribution in [0, 0.1) is 0 Å². The Hall–Kier alpha value is -2.48. The number of nitrogens with one attached hydrogen (secondary N) is 1. The summed E-state index contributed by atoms with van der Waals surface area (Å²) in [5.74, 6) is -0.153. The van der Waals surface area contributed by atoms with Crippen molar-refractivity contribution in [2.24, 2.45) is 0 Å². The quantitative estimate of drug-likeness (QED) is 0.627. The molecule has 1 aliphatic heterocycles. The zero-order valence-corrected chi connectivity index (χ0v) is 13.4. The van der Waals surface area contributed by atoms with Gasteiger partial charge in [-0.05, 0) is 42.5 Å². The lowest BCUT2D eigenvalue weighted by atomic mass is 10.2. The Morgan fingerprint density at radius 1 is 1.30 bits per heavy atom. The molecule has 0 aromatic heterocycles. The topological polar surface area (TPSA) is 90.9 Å². The molecule has 1 fully saturated rings. The molecule has 2 amide bonds. The van der Waals surface area contributed by atoms with E-state index in [1.807, 2.05) is 0 Å². The Morgan fingerprint density at radius 2 is 2.09 bits per heavy atom. The molecule has 0 spiro atoms. The summed E-state index contributed by atoms with van der Waals surface area (Å²) in [6.45, 7) is 1.72. The van der Waals surface area contributed by atoms with E-state index in [0.29, 0.717) is 17.1 Å². The van der Waals surface area contributed by atoms with Gasteiger partial charge in [0.25, 0.3) is 11.1 Å². The highest BCUT2D eigenvalue weighted by Crippen LogP contribution is 2.31. The fourth-order valence-electron chi connectivity index (χ4n) is 1.81. The fraction of sp³-hybridized carbons (Fsp3) is 0.267. The van der Waals surface area contributed by atoms with E-state index >= 15 is 0 Å². The second-order valence-corrected chi connectivity index (χ2v) is 5.37. The summed E-state index contributed by atoms with van der Waals surface area (Å²) in [7, 11) is 1.48. The van der Waals surface area contributed by atoms with Gasteiger partial charge in [-0.15, -0.1) is 0 Å². The first-order valence-corrected chi connectivity index (χ1v) is 7.56. The molecule has 23 heavy (non-hydrogen) atoms. The van der Waals surface area contributed by atoms with Gasteiger partial charge in [0.15, 0.2) is 18.1 Å². The molecule has 1 aliphatic rings. The van der Waals surface area contributed by atoms with Crippen LogP contribution in [0.4, 0.5) is 4.79 Å². The normalized spacial score (nSPS) is 15.5. The van der Waals surface area contributed by atoms with Gasteiger partial charge in [-0.2, -0.15) is 0 Å². The molecule has 1 heterocycles. The molecule has 0 aliphatic carbocycles. The molecule has 2 rings (SSSR count). The number of carbonyl (C=O) groups is 3. The maximum absolute atomic E-state index is 11.5. The van der Waals surface area contributed by atoms with Crippen LogP contribution in [0.15, 0.2) is 23.1 Å². The number of methoxy groups -OCH3 is 1. The van der Waals surface area contributed by atoms with Crippen molar-refractivity contribution in [3.8, 4) is 11.5 Å². The smallest absolute Gasteiger partial charge is 0.344 e. The van der Waals surface area contributed by atoms with Crippen LogP contribution in [0.1, 0.15) is 12.5 Å². The number of esters is 1. The van der Waals surface area contributed by atoms with Crippen LogP contribution in [0.3, 0.4) is 0 Å². The molecule has 0 radical (unpaired) electrons. The lowest BCUT2D eigenvalue weighted by Gasteiger charge is -2.11. The van der Waals surface area contributed by atoms with Gasteiger partial charge in [-0.3, -0.25) is 14.9 Å². The number of thioether (sulfide) groups is 1. The molecule has 0 atom stereocenters. The Bertz CT molecular complexity index is 670. The molecule has 1 aromatic rings. The first-order valence-electron chi connectivity index (χ1n) is 6.74. The molecule has 8 heteroatoms. The van der Waals surface area contributed by atoms with Crippen LogP contribution in [-0.2, 0) is 14.3 Å². The van der Waals surface area contributed by atoms with E-state index in [0.717, 1.165) is 11.8 Å². The van der Waals surface area contributed by atoms with Gasteiger partial charge in [0.05, 0.1) is 18.6 Å². The van der Waals surface area contributed by atoms with E-state index in [-0.39, 0.29) is 18.1 Å². The van der Waals surface area contributed by atoms with Crippen molar-refractivity contribution in [3.63, 3.8) is 0 Å². The summed E-state index contributed by atoms with van der Waals surface area (Å²) in [6.07, 6.45) is 1.56. The van der Waals surface area contributed by atoms with Crippen LogP contribution in [0.2, 0.25) is 0 Å². The lowest BCUT2D eigenvalue weighted by Crippen LogP contribution is -2.17. The molecule has 0 saturated carbocycles. The highest BCUT2D eigenvalue weighted by Gasteiger charge is 2.25. The summed E-state index contributed by atoms with van der Waals surface area (Å²) in [5, 5.41) is 1.77. The molecule has 0 unspecified atom stereocenters. The van der Waals surface area contributed by atoms with Gasteiger partial charge in [0.2, 0.25) is 0 Å². The predicted molar refractivity (Wildman–Crippen MR) is 84.2 cm³/mol. The Kier molecular flexibility index (Phi) is 5.64. The molecule has 122 valence electrons. The number of rotatable bonds is 6. The standard InChI is InChI=1S/C15H15NO6S/c1-3-21-13(17)8-22-11-6-9(4-5-10(11)20-2)7-12-14(18)16-15(19)23-12/h4-7H,3,8H2,1-2H3,(H,16,18,19)/b12-7-. The SMILES string of the molecule is CCOC(=O)COc1cc(/C=C2\SC(=O)NC2=O)ccc1OC. The number of hydrogen-bond donors (Lipinski definition) is 1. The Morgan fingerprint density at radius 3 is 2.70 bits per heavy atom. The van der Waals surface area contributed by atoms with Crippen LogP contribution in [-0.4, -0.2) is 37.4 Å². The largest absolute Gasteiger partial charge is 0.493 e. The summed E-state index contributed by atoms with van der Waals surface area (Å²) in [4.78, 5) is 34.4. The average molecular weight is 337 g/mol. The minimum Gasteiger partial charge on any atom is -0.493 e. The van der Waals surface area contributed by atoms with Crippen LogP contribution in [0.5, 0.6) is 11.5 Å². The maximum Gasteiger partial charge on any atom is 0.344 e. The monoisotopic (exact) mass is 337 g/mol. The Balaban J connectivity index is 2.18. The molecule has 7 nitrogen and oxygen atoms in total. The molecule has 1 aromatic carbocycles. The van der Waals surface area contributed by atoms with Crippen molar-refractivity contribution >= 4 is 35.0 Å². The van der Waals surface area contributed by atoms with E-state index in [4.69, 9.17) is 14.2 Å². The van der Waals surface area contributed by atoms with E-state index in [1.54, 1.807) is 31.2 Å². The van der Waals surface area contributed by atoms with Crippen molar-refractivity contribution in [1.29, 1.82) is 0 Å². The first kappa shape index (κ1) is 16.9. The minimum atomic E-state index is -0.491. The molecular formula is C15H15NO6S. The number of ether oxygens (including phenoxy) is 3. The van der Waals surface area contributed by atoms with Crippen molar-refractivity contribution in [2.75, 3.05) is 20.3 Å². The fourth-order valence-corrected chi connectivity index (χ4v) is 2.49. The van der Waals surface area contributed by atoms with Crippen molar-refractivity contribution in [3.05, 3.63) is 28.7 Å². The minimum absolute atomic E-state index is 0.252. The summed E-state index contributed by atoms with van der Waals surface area (Å²) < 4.78 is 15.3. The van der Waals surface area contributed by atoms with Crippen molar-refractivity contribution < 1.29 is 28.6 Å². The van der Waals surface area contributed by atoms with Gasteiger partial charge in [0, 0.05) is 0 Å². The van der Waals surface area contributed by atoms with Gasteiger partial charge in [-0.1, -0.05) is 6.07 Å². The van der Waals surface area contributed by atoms with Crippen molar-refractivity contribution in [1.82, 2.24) is 5.32 Å². The predicted octanol–water partition coefficient (Wildman–Crippen LogP) is 1.96. The highest BCUT2D eigenvalue weighted by atomic mass is 32.2. The van der Waals surface area contributed by atoms with Gasteiger partial charge < -0.3 is 14.2 Å². The molecule has 0 bridgehead atoms. The molecule has 1 saturated heterocycles. The van der Waals surface area contributed by atoms with E-state index < -0.39 is 17.1 Å². The first-order chi connectivity index (χ1) is 11.0. The second kappa shape index (κ2) is 7.68. The maximum atomic E-state index is 11.5. The summed E-state index contributed by atoms with van der Waals surface area (Å²) >= 11 is 0.825. The zero-order chi connectivity index (χ0) is 16.8. The highest BCUT2D eigenvalue weighted by molar-refractivity contribution is 8.18. The average Bonchev–Trinajstić information content (AvgIpc) is 2.83. The lowest BCUT2D eigenvalue weighted by molar-refractivity contribution is -0.145. The van der Waals surface area contributed by atoms with Crippen molar-refractivity contribution in [2.45, 2.75) is 6.92 Å². The van der Waals surface area contributed by atoms with E-state index in [9.17, 15) is 14.4 Å². The Labute approximate surface area is 137 Å². The molecular weight excluding hydrogens is 322 g/mol. The van der Waals surface area contributed by atoms with Gasteiger partial charge in [-0.25, -0.2) is 4.79 Å². The number of imide groups is 1. The second-order valence-electron chi connectivity index (χ2n) is 4.36. The zero-order valence-electron chi connectivity index (χ0n) is 12.6. The van der Waals surface area contributed by atoms with Gasteiger partial charge >= 0.3 is 5.97 Å². The van der Waals surface area contributed by atoms with E-state index in [2.05, 4.69) is 5.32 Å². The van der Waals surface area contributed by atoms with E-state index in [1.165, 1.54) is 7.11 Å². The third kappa shape index (κ3) is 4.49. The summed E-state index contributed by atoms with van der Waals surface area (Å²) in [5.41, 5.74) is 0.636. The van der Waals surface area contributed by atoms with Crippen LogP contribution >= 0.6 is 11.8 Å². The molecule has 1 N–H and O–H groups in total. The number of carbonyl (C=O) groups excluding carboxylic acids is 3. The van der Waals surface area contributed by atoms with Gasteiger partial charge in [0.1, 0.15) is 0 Å². The summed E-state index contributed by atoms with van der Waals surface area (Å²) in [6, 6.07) is 4.97.